The molecular weight excluding hydrogens is 422 g/mol. The third kappa shape index (κ3) is 6.24. The number of amides is 1. The summed E-state index contributed by atoms with van der Waals surface area (Å²) in [6, 6.07) is 11.3. The van der Waals surface area contributed by atoms with Gasteiger partial charge in [-0.15, -0.1) is 11.3 Å². The van der Waals surface area contributed by atoms with E-state index in [-0.39, 0.29) is 48.6 Å². The molecule has 0 radical (unpaired) electrons. The average Bonchev–Trinajstić information content (AvgIpc) is 3.30. The highest BCUT2D eigenvalue weighted by molar-refractivity contribution is 7.12. The number of carbonyl (C=O) groups is 3. The van der Waals surface area contributed by atoms with E-state index in [0.29, 0.717) is 29.7 Å². The number of ether oxygens (including phenoxy) is 1. The van der Waals surface area contributed by atoms with E-state index in [9.17, 15) is 14.4 Å². The van der Waals surface area contributed by atoms with E-state index in [4.69, 9.17) is 16.3 Å². The summed E-state index contributed by atoms with van der Waals surface area (Å²) < 4.78 is 5.52. The molecule has 5 nitrogen and oxygen atoms in total. The standard InChI is InChI=1S/C23H26ClNO4S/c24-18-4-1-3-17(15-18)23(10-12-29-13-11-23)16-25-22(28)9-7-19(26)6-8-20(27)21-5-2-14-30-21/h1-5,14-15H,6-13,16H2,(H,25,28). The molecule has 0 atom stereocenters. The van der Waals surface area contributed by atoms with Gasteiger partial charge in [0.1, 0.15) is 5.78 Å². The molecule has 0 spiro atoms. The molecule has 1 amide bonds. The van der Waals surface area contributed by atoms with E-state index in [1.807, 2.05) is 35.7 Å². The Kier molecular flexibility index (Phi) is 8.19. The number of benzene rings is 1. The van der Waals surface area contributed by atoms with Crippen molar-refractivity contribution in [1.82, 2.24) is 5.32 Å². The summed E-state index contributed by atoms with van der Waals surface area (Å²) in [5, 5.41) is 5.51. The van der Waals surface area contributed by atoms with Crippen LogP contribution in [-0.4, -0.2) is 37.2 Å². The lowest BCUT2D eigenvalue weighted by atomic mass is 9.74. The smallest absolute Gasteiger partial charge is 0.220 e. The quantitative estimate of drug-likeness (QED) is 0.541. The van der Waals surface area contributed by atoms with E-state index >= 15 is 0 Å². The molecule has 1 aliphatic heterocycles. The first-order valence-corrected chi connectivity index (χ1v) is 11.4. The monoisotopic (exact) mass is 447 g/mol. The number of nitrogens with one attached hydrogen (secondary N) is 1. The predicted molar refractivity (Wildman–Crippen MR) is 118 cm³/mol. The lowest BCUT2D eigenvalue weighted by molar-refractivity contribution is -0.125. The van der Waals surface area contributed by atoms with Crippen molar-refractivity contribution in [2.24, 2.45) is 0 Å². The van der Waals surface area contributed by atoms with Crippen LogP contribution in [0.2, 0.25) is 5.02 Å². The summed E-state index contributed by atoms with van der Waals surface area (Å²) in [7, 11) is 0. The second kappa shape index (κ2) is 10.8. The van der Waals surface area contributed by atoms with Gasteiger partial charge in [-0.05, 0) is 42.0 Å². The van der Waals surface area contributed by atoms with Crippen LogP contribution in [-0.2, 0) is 19.7 Å². The number of halogens is 1. The molecule has 7 heteroatoms. The molecule has 0 bridgehead atoms. The van der Waals surface area contributed by atoms with Gasteiger partial charge in [0.15, 0.2) is 5.78 Å². The fourth-order valence-corrected chi connectivity index (χ4v) is 4.58. The minimum atomic E-state index is -0.212. The fraction of sp³-hybridized carbons (Fsp3) is 0.435. The number of rotatable bonds is 10. The normalized spacial score (nSPS) is 15.5. The Balaban J connectivity index is 1.46. The van der Waals surface area contributed by atoms with Crippen molar-refractivity contribution >= 4 is 40.4 Å². The van der Waals surface area contributed by atoms with E-state index in [1.54, 1.807) is 6.07 Å². The van der Waals surface area contributed by atoms with Gasteiger partial charge in [-0.2, -0.15) is 0 Å². The maximum Gasteiger partial charge on any atom is 0.220 e. The largest absolute Gasteiger partial charge is 0.381 e. The number of hydrogen-bond donors (Lipinski definition) is 1. The van der Waals surface area contributed by atoms with Crippen molar-refractivity contribution in [2.45, 2.75) is 43.9 Å². The van der Waals surface area contributed by atoms with Crippen LogP contribution in [0.3, 0.4) is 0 Å². The molecular formula is C23H26ClNO4S. The molecule has 1 N–H and O–H groups in total. The third-order valence-corrected chi connectivity index (χ3v) is 6.71. The lowest BCUT2D eigenvalue weighted by Crippen LogP contribution is -2.44. The van der Waals surface area contributed by atoms with Gasteiger partial charge in [-0.25, -0.2) is 0 Å². The Hall–Kier alpha value is -2.02. The lowest BCUT2D eigenvalue weighted by Gasteiger charge is -2.38. The number of ketones is 2. The number of carbonyl (C=O) groups excluding carboxylic acids is 3. The van der Waals surface area contributed by atoms with Crippen molar-refractivity contribution in [2.75, 3.05) is 19.8 Å². The Morgan fingerprint density at radius 2 is 1.80 bits per heavy atom. The molecule has 1 aliphatic rings. The second-order valence-electron chi connectivity index (χ2n) is 7.62. The minimum Gasteiger partial charge on any atom is -0.381 e. The van der Waals surface area contributed by atoms with E-state index in [2.05, 4.69) is 5.32 Å². The summed E-state index contributed by atoms with van der Waals surface area (Å²) in [5.41, 5.74) is 0.887. The minimum absolute atomic E-state index is 0.0224. The van der Waals surface area contributed by atoms with Crippen molar-refractivity contribution in [3.8, 4) is 0 Å². The fourth-order valence-electron chi connectivity index (χ4n) is 3.70. The van der Waals surface area contributed by atoms with Crippen LogP contribution >= 0.6 is 22.9 Å². The molecule has 1 fully saturated rings. The second-order valence-corrected chi connectivity index (χ2v) is 9.00. The zero-order valence-electron chi connectivity index (χ0n) is 16.8. The highest BCUT2D eigenvalue weighted by atomic mass is 35.5. The molecule has 3 rings (SSSR count). The molecule has 2 heterocycles. The van der Waals surface area contributed by atoms with Crippen LogP contribution in [0, 0.1) is 0 Å². The zero-order valence-corrected chi connectivity index (χ0v) is 18.4. The summed E-state index contributed by atoms with van der Waals surface area (Å²) in [6.45, 7) is 1.76. The summed E-state index contributed by atoms with van der Waals surface area (Å²) >= 11 is 7.56. The highest BCUT2D eigenvalue weighted by Crippen LogP contribution is 2.35. The molecule has 1 aromatic carbocycles. The topological polar surface area (TPSA) is 72.5 Å². The maximum absolute atomic E-state index is 12.4. The highest BCUT2D eigenvalue weighted by Gasteiger charge is 2.35. The maximum atomic E-state index is 12.4. The number of thiophene rings is 1. The number of hydrogen-bond acceptors (Lipinski definition) is 5. The molecule has 0 aliphatic carbocycles. The van der Waals surface area contributed by atoms with Crippen molar-refractivity contribution in [3.05, 3.63) is 57.2 Å². The SMILES string of the molecule is O=C(CCC(=O)NCC1(c2cccc(Cl)c2)CCOCC1)CCC(=O)c1cccs1. The van der Waals surface area contributed by atoms with E-state index in [0.717, 1.165) is 18.4 Å². The van der Waals surface area contributed by atoms with Gasteiger partial charge < -0.3 is 10.1 Å². The molecule has 1 saturated heterocycles. The summed E-state index contributed by atoms with van der Waals surface area (Å²) in [4.78, 5) is 37.1. The zero-order chi connectivity index (χ0) is 21.4. The van der Waals surface area contributed by atoms with E-state index < -0.39 is 0 Å². The molecule has 1 aromatic heterocycles. The van der Waals surface area contributed by atoms with Gasteiger partial charge >= 0.3 is 0 Å². The van der Waals surface area contributed by atoms with Gasteiger partial charge in [0.2, 0.25) is 5.91 Å². The van der Waals surface area contributed by atoms with Crippen molar-refractivity contribution in [1.29, 1.82) is 0 Å². The van der Waals surface area contributed by atoms with Crippen LogP contribution in [0.5, 0.6) is 0 Å². The van der Waals surface area contributed by atoms with Gasteiger partial charge in [-0.1, -0.05) is 29.8 Å². The summed E-state index contributed by atoms with van der Waals surface area (Å²) in [6.07, 6.45) is 2.26. The number of Topliss-reactive ketones (excluding diaryl/α,β-unsaturated/α-hetero) is 2. The first kappa shape index (κ1) is 22.7. The first-order valence-electron chi connectivity index (χ1n) is 10.2. The third-order valence-electron chi connectivity index (χ3n) is 5.57. The Bertz CT molecular complexity index is 875. The van der Waals surface area contributed by atoms with E-state index in [1.165, 1.54) is 11.3 Å². The van der Waals surface area contributed by atoms with Crippen LogP contribution in [0.4, 0.5) is 0 Å². The van der Waals surface area contributed by atoms with Crippen LogP contribution < -0.4 is 5.32 Å². The Morgan fingerprint density at radius 3 is 2.50 bits per heavy atom. The molecule has 2 aromatic rings. The molecule has 30 heavy (non-hydrogen) atoms. The van der Waals surface area contributed by atoms with Crippen molar-refractivity contribution < 1.29 is 19.1 Å². The molecule has 0 unspecified atom stereocenters. The molecule has 0 saturated carbocycles. The van der Waals surface area contributed by atoms with Gasteiger partial charge in [0, 0.05) is 55.9 Å². The van der Waals surface area contributed by atoms with Gasteiger partial charge in [-0.3, -0.25) is 14.4 Å². The summed E-state index contributed by atoms with van der Waals surface area (Å²) in [5.74, 6) is -0.239. The molecule has 160 valence electrons. The predicted octanol–water partition coefficient (Wildman–Crippen LogP) is 4.58. The van der Waals surface area contributed by atoms with Crippen molar-refractivity contribution in [3.63, 3.8) is 0 Å². The van der Waals surface area contributed by atoms with Crippen LogP contribution in [0.15, 0.2) is 41.8 Å². The average molecular weight is 448 g/mol. The van der Waals surface area contributed by atoms with Gasteiger partial charge in [0.05, 0.1) is 4.88 Å². The first-order chi connectivity index (χ1) is 14.5. The Labute approximate surface area is 185 Å². The van der Waals surface area contributed by atoms with Crippen LogP contribution in [0.25, 0.3) is 0 Å². The van der Waals surface area contributed by atoms with Gasteiger partial charge in [0.25, 0.3) is 0 Å². The van der Waals surface area contributed by atoms with Crippen LogP contribution in [0.1, 0.15) is 53.8 Å². The Morgan fingerprint density at radius 1 is 1.03 bits per heavy atom.